The van der Waals surface area contributed by atoms with E-state index in [1.165, 1.54) is 19.3 Å². The Balaban J connectivity index is 0.00000128. The Morgan fingerprint density at radius 1 is 1.25 bits per heavy atom. The van der Waals surface area contributed by atoms with E-state index in [9.17, 15) is 5.11 Å². The van der Waals surface area contributed by atoms with Crippen LogP contribution in [0.2, 0.25) is 0 Å². The first-order valence-corrected chi connectivity index (χ1v) is 6.61. The standard InChI is InChI=1S/C11H13Br2NO.ClH/c12-8-4-7(5-9(13)11(8)15)10(14)6-2-1-3-6;/h4-6,10,15H,1-3,14H2;1H/t10-;/m1./s1. The number of phenolic OH excluding ortho intramolecular Hbond substituents is 1. The summed E-state index contributed by atoms with van der Waals surface area (Å²) in [6.07, 6.45) is 3.73. The molecule has 1 atom stereocenters. The molecule has 0 aliphatic heterocycles. The van der Waals surface area contributed by atoms with Crippen molar-refractivity contribution in [3.63, 3.8) is 0 Å². The molecule has 0 bridgehead atoms. The van der Waals surface area contributed by atoms with E-state index in [0.717, 1.165) is 5.56 Å². The molecule has 1 saturated carbocycles. The molecule has 1 aliphatic carbocycles. The van der Waals surface area contributed by atoms with E-state index in [4.69, 9.17) is 5.73 Å². The summed E-state index contributed by atoms with van der Waals surface area (Å²) in [5.41, 5.74) is 7.24. The molecule has 0 radical (unpaired) electrons. The Labute approximate surface area is 118 Å². The molecular formula is C11H14Br2ClNO. The van der Waals surface area contributed by atoms with Crippen LogP contribution in [0.3, 0.4) is 0 Å². The van der Waals surface area contributed by atoms with Gasteiger partial charge in [-0.3, -0.25) is 0 Å². The van der Waals surface area contributed by atoms with Crippen LogP contribution in [0.25, 0.3) is 0 Å². The van der Waals surface area contributed by atoms with Gasteiger partial charge in [-0.25, -0.2) is 0 Å². The fourth-order valence-corrected chi connectivity index (χ4v) is 3.07. The molecule has 2 nitrogen and oxygen atoms in total. The number of nitrogens with two attached hydrogens (primary N) is 1. The van der Waals surface area contributed by atoms with Gasteiger partial charge in [-0.15, -0.1) is 12.4 Å². The lowest BCUT2D eigenvalue weighted by molar-refractivity contribution is 0.264. The van der Waals surface area contributed by atoms with Crippen molar-refractivity contribution in [2.24, 2.45) is 11.7 Å². The summed E-state index contributed by atoms with van der Waals surface area (Å²) < 4.78 is 1.39. The molecule has 0 unspecified atom stereocenters. The average Bonchev–Trinajstić information content (AvgIpc) is 2.10. The number of halogens is 3. The molecule has 0 aromatic heterocycles. The van der Waals surface area contributed by atoms with Crippen molar-refractivity contribution in [2.75, 3.05) is 0 Å². The molecule has 16 heavy (non-hydrogen) atoms. The van der Waals surface area contributed by atoms with Crippen LogP contribution in [-0.4, -0.2) is 5.11 Å². The van der Waals surface area contributed by atoms with Crippen molar-refractivity contribution in [3.05, 3.63) is 26.6 Å². The van der Waals surface area contributed by atoms with Crippen molar-refractivity contribution in [1.82, 2.24) is 0 Å². The minimum Gasteiger partial charge on any atom is -0.506 e. The monoisotopic (exact) mass is 369 g/mol. The summed E-state index contributed by atoms with van der Waals surface area (Å²) in [5, 5.41) is 9.59. The molecule has 0 saturated heterocycles. The summed E-state index contributed by atoms with van der Waals surface area (Å²) in [7, 11) is 0. The lowest BCUT2D eigenvalue weighted by Crippen LogP contribution is -2.26. The van der Waals surface area contributed by atoms with Crippen molar-refractivity contribution in [1.29, 1.82) is 0 Å². The summed E-state index contributed by atoms with van der Waals surface area (Å²) in [4.78, 5) is 0. The van der Waals surface area contributed by atoms with E-state index in [-0.39, 0.29) is 24.2 Å². The molecule has 0 amide bonds. The number of hydrogen-bond acceptors (Lipinski definition) is 2. The topological polar surface area (TPSA) is 46.2 Å². The molecule has 1 aromatic carbocycles. The molecule has 3 N–H and O–H groups in total. The Kier molecular flexibility index (Phi) is 5.10. The quantitative estimate of drug-likeness (QED) is 0.821. The second kappa shape index (κ2) is 5.71. The normalized spacial score (nSPS) is 17.4. The van der Waals surface area contributed by atoms with Crippen LogP contribution in [0.4, 0.5) is 0 Å². The van der Waals surface area contributed by atoms with Crippen molar-refractivity contribution < 1.29 is 5.11 Å². The Hall–Kier alpha value is 0.230. The predicted octanol–water partition coefficient (Wildman–Crippen LogP) is 4.14. The fraction of sp³-hybridized carbons (Fsp3) is 0.455. The lowest BCUT2D eigenvalue weighted by Gasteiger charge is -2.31. The number of rotatable bonds is 2. The Bertz CT molecular complexity index is 359. The molecule has 1 aliphatic rings. The van der Waals surface area contributed by atoms with Gasteiger partial charge in [-0.05, 0) is 68.3 Å². The van der Waals surface area contributed by atoms with Crippen molar-refractivity contribution in [2.45, 2.75) is 25.3 Å². The minimum atomic E-state index is 0. The Morgan fingerprint density at radius 3 is 2.12 bits per heavy atom. The highest BCUT2D eigenvalue weighted by atomic mass is 79.9. The molecule has 0 heterocycles. The largest absolute Gasteiger partial charge is 0.506 e. The smallest absolute Gasteiger partial charge is 0.143 e. The first kappa shape index (κ1) is 14.3. The van der Waals surface area contributed by atoms with Gasteiger partial charge in [0.15, 0.2) is 0 Å². The maximum Gasteiger partial charge on any atom is 0.143 e. The zero-order valence-electron chi connectivity index (χ0n) is 8.62. The summed E-state index contributed by atoms with van der Waals surface area (Å²) in [6.45, 7) is 0. The molecule has 90 valence electrons. The fourth-order valence-electron chi connectivity index (χ4n) is 1.85. The van der Waals surface area contributed by atoms with Crippen LogP contribution in [-0.2, 0) is 0 Å². The second-order valence-electron chi connectivity index (χ2n) is 4.05. The molecule has 2 rings (SSSR count). The van der Waals surface area contributed by atoms with Gasteiger partial charge in [0.25, 0.3) is 0 Å². The van der Waals surface area contributed by atoms with Gasteiger partial charge in [0.2, 0.25) is 0 Å². The van der Waals surface area contributed by atoms with Gasteiger partial charge >= 0.3 is 0 Å². The van der Waals surface area contributed by atoms with Gasteiger partial charge in [0, 0.05) is 6.04 Å². The van der Waals surface area contributed by atoms with Gasteiger partial charge in [-0.2, -0.15) is 0 Å². The van der Waals surface area contributed by atoms with Crippen LogP contribution >= 0.6 is 44.3 Å². The summed E-state index contributed by atoms with van der Waals surface area (Å²) in [5.74, 6) is 0.841. The predicted molar refractivity (Wildman–Crippen MR) is 75.0 cm³/mol. The zero-order valence-corrected chi connectivity index (χ0v) is 12.6. The van der Waals surface area contributed by atoms with Gasteiger partial charge in [0.05, 0.1) is 8.95 Å². The van der Waals surface area contributed by atoms with Crippen molar-refractivity contribution in [3.8, 4) is 5.75 Å². The second-order valence-corrected chi connectivity index (χ2v) is 5.76. The van der Waals surface area contributed by atoms with Crippen LogP contribution in [0.15, 0.2) is 21.1 Å². The number of phenols is 1. The average molecular weight is 372 g/mol. The third kappa shape index (κ3) is 2.73. The van der Waals surface area contributed by atoms with E-state index in [0.29, 0.717) is 14.9 Å². The maximum absolute atomic E-state index is 9.59. The molecule has 5 heteroatoms. The summed E-state index contributed by atoms with van der Waals surface area (Å²) >= 11 is 6.64. The highest BCUT2D eigenvalue weighted by molar-refractivity contribution is 9.11. The van der Waals surface area contributed by atoms with Crippen LogP contribution in [0.5, 0.6) is 5.75 Å². The Morgan fingerprint density at radius 2 is 1.75 bits per heavy atom. The number of hydrogen-bond donors (Lipinski definition) is 2. The molecule has 1 aromatic rings. The molecule has 1 fully saturated rings. The third-order valence-corrected chi connectivity index (χ3v) is 4.29. The van der Waals surface area contributed by atoms with Crippen molar-refractivity contribution >= 4 is 44.3 Å². The third-order valence-electron chi connectivity index (χ3n) is 3.08. The first-order valence-electron chi connectivity index (χ1n) is 5.03. The number of benzene rings is 1. The van der Waals surface area contributed by atoms with E-state index in [1.807, 2.05) is 12.1 Å². The van der Waals surface area contributed by atoms with Crippen LogP contribution < -0.4 is 5.73 Å². The molecular weight excluding hydrogens is 357 g/mol. The zero-order chi connectivity index (χ0) is 11.0. The lowest BCUT2D eigenvalue weighted by atomic mass is 9.77. The maximum atomic E-state index is 9.59. The number of aromatic hydroxyl groups is 1. The molecule has 0 spiro atoms. The van der Waals surface area contributed by atoms with E-state index in [1.54, 1.807) is 0 Å². The minimum absolute atomic E-state index is 0. The van der Waals surface area contributed by atoms with E-state index < -0.39 is 0 Å². The van der Waals surface area contributed by atoms with Gasteiger partial charge in [0.1, 0.15) is 5.75 Å². The van der Waals surface area contributed by atoms with Crippen LogP contribution in [0.1, 0.15) is 30.9 Å². The highest BCUT2D eigenvalue weighted by Gasteiger charge is 2.26. The van der Waals surface area contributed by atoms with Gasteiger partial charge in [-0.1, -0.05) is 6.42 Å². The SMILES string of the molecule is Cl.N[C@@H](c1cc(Br)c(O)c(Br)c1)C1CCC1. The highest BCUT2D eigenvalue weighted by Crippen LogP contribution is 2.40. The van der Waals surface area contributed by atoms with Crippen LogP contribution in [0, 0.1) is 5.92 Å². The summed E-state index contributed by atoms with van der Waals surface area (Å²) in [6, 6.07) is 3.90. The van der Waals surface area contributed by atoms with E-state index in [2.05, 4.69) is 31.9 Å². The van der Waals surface area contributed by atoms with E-state index >= 15 is 0 Å². The van der Waals surface area contributed by atoms with Gasteiger partial charge < -0.3 is 10.8 Å². The first-order chi connectivity index (χ1) is 7.09.